The van der Waals surface area contributed by atoms with Crippen molar-refractivity contribution < 1.29 is 9.13 Å². The molecule has 0 heterocycles. The second-order valence-corrected chi connectivity index (χ2v) is 3.42. The van der Waals surface area contributed by atoms with Gasteiger partial charge in [-0.3, -0.25) is 0 Å². The smallest absolute Gasteiger partial charge is 0.179 e. The minimum Gasteiger partial charge on any atom is -0.493 e. The van der Waals surface area contributed by atoms with E-state index in [1.807, 2.05) is 22.6 Å². The Hall–Kier alpha value is -0.850. The molecule has 0 bridgehead atoms. The Bertz CT molecular complexity index is 341. The quantitative estimate of drug-likeness (QED) is 0.391. The van der Waals surface area contributed by atoms with E-state index >= 15 is 0 Å². The van der Waals surface area contributed by atoms with Gasteiger partial charge in [-0.25, -0.2) is 4.39 Å². The lowest BCUT2D eigenvalue weighted by atomic mass is 10.2. The van der Waals surface area contributed by atoms with E-state index < -0.39 is 0 Å². The lowest BCUT2D eigenvalue weighted by Crippen LogP contribution is -1.97. The van der Waals surface area contributed by atoms with E-state index in [1.54, 1.807) is 12.1 Å². The van der Waals surface area contributed by atoms with Gasteiger partial charge < -0.3 is 10.6 Å². The lowest BCUT2D eigenvalue weighted by molar-refractivity contribution is 0.384. The Morgan fingerprint density at radius 3 is 2.85 bits per heavy atom. The molecule has 0 amide bonds. The van der Waals surface area contributed by atoms with E-state index in [2.05, 4.69) is 5.10 Å². The standard InChI is InChI=1S/C8H8FIN2O/c1-13-8-5(4-12-11)2-3-6(10)7(8)9/h2-4H,11H2,1H3. The van der Waals surface area contributed by atoms with Gasteiger partial charge in [0, 0.05) is 5.56 Å². The average molecular weight is 294 g/mol. The van der Waals surface area contributed by atoms with Gasteiger partial charge >= 0.3 is 0 Å². The summed E-state index contributed by atoms with van der Waals surface area (Å²) in [5.41, 5.74) is 0.530. The van der Waals surface area contributed by atoms with Crippen LogP contribution in [0.3, 0.4) is 0 Å². The van der Waals surface area contributed by atoms with Gasteiger partial charge in [-0.05, 0) is 34.7 Å². The number of ether oxygens (including phenoxy) is 1. The molecule has 1 aromatic carbocycles. The van der Waals surface area contributed by atoms with Crippen molar-refractivity contribution in [3.05, 3.63) is 27.1 Å². The van der Waals surface area contributed by atoms with Crippen molar-refractivity contribution >= 4 is 28.8 Å². The summed E-state index contributed by atoms with van der Waals surface area (Å²) in [5, 5.41) is 3.31. The molecule has 0 spiro atoms. The predicted octanol–water partition coefficient (Wildman–Crippen LogP) is 1.73. The zero-order valence-corrected chi connectivity index (χ0v) is 9.08. The summed E-state index contributed by atoms with van der Waals surface area (Å²) in [6.45, 7) is 0. The molecule has 5 heteroatoms. The fourth-order valence-corrected chi connectivity index (χ4v) is 1.36. The fraction of sp³-hybridized carbons (Fsp3) is 0.125. The summed E-state index contributed by atoms with van der Waals surface area (Å²) < 4.78 is 18.7. The van der Waals surface area contributed by atoms with Gasteiger partial charge in [0.2, 0.25) is 0 Å². The molecule has 0 saturated carbocycles. The molecule has 0 radical (unpaired) electrons. The molecule has 0 saturated heterocycles. The first-order valence-electron chi connectivity index (χ1n) is 3.46. The molecule has 1 aromatic rings. The van der Waals surface area contributed by atoms with Crippen molar-refractivity contribution in [1.29, 1.82) is 0 Å². The highest BCUT2D eigenvalue weighted by Gasteiger charge is 2.10. The van der Waals surface area contributed by atoms with E-state index in [1.165, 1.54) is 13.3 Å². The highest BCUT2D eigenvalue weighted by atomic mass is 127. The van der Waals surface area contributed by atoms with Crippen LogP contribution >= 0.6 is 22.6 Å². The molecule has 3 nitrogen and oxygen atoms in total. The average Bonchev–Trinajstić information content (AvgIpc) is 2.12. The van der Waals surface area contributed by atoms with Crippen LogP contribution in [0.15, 0.2) is 17.2 Å². The maximum absolute atomic E-state index is 13.4. The topological polar surface area (TPSA) is 47.6 Å². The maximum Gasteiger partial charge on any atom is 0.179 e. The van der Waals surface area contributed by atoms with Gasteiger partial charge in [-0.15, -0.1) is 0 Å². The second-order valence-electron chi connectivity index (χ2n) is 2.26. The third-order valence-electron chi connectivity index (χ3n) is 1.50. The number of hydrazone groups is 1. The number of nitrogens with zero attached hydrogens (tertiary/aromatic N) is 1. The monoisotopic (exact) mass is 294 g/mol. The summed E-state index contributed by atoms with van der Waals surface area (Å²) in [5.74, 6) is 4.74. The van der Waals surface area contributed by atoms with Crippen LogP contribution in [0.2, 0.25) is 0 Å². The highest BCUT2D eigenvalue weighted by Crippen LogP contribution is 2.25. The van der Waals surface area contributed by atoms with Crippen molar-refractivity contribution in [3.63, 3.8) is 0 Å². The Labute approximate surface area is 88.9 Å². The third kappa shape index (κ3) is 2.09. The van der Waals surface area contributed by atoms with Crippen molar-refractivity contribution in [2.24, 2.45) is 10.9 Å². The number of benzene rings is 1. The summed E-state index contributed by atoms with van der Waals surface area (Å²) in [4.78, 5) is 0. The number of hydrogen-bond acceptors (Lipinski definition) is 3. The van der Waals surface area contributed by atoms with Crippen LogP contribution < -0.4 is 10.6 Å². The van der Waals surface area contributed by atoms with Crippen LogP contribution in [-0.4, -0.2) is 13.3 Å². The highest BCUT2D eigenvalue weighted by molar-refractivity contribution is 14.1. The number of hydrogen-bond donors (Lipinski definition) is 1. The molecule has 0 aliphatic rings. The molecule has 1 rings (SSSR count). The maximum atomic E-state index is 13.4. The van der Waals surface area contributed by atoms with Crippen LogP contribution in [0.1, 0.15) is 5.56 Å². The molecule has 0 atom stereocenters. The Balaban J connectivity index is 3.29. The van der Waals surface area contributed by atoms with Crippen LogP contribution in [0.5, 0.6) is 5.75 Å². The summed E-state index contributed by atoms with van der Waals surface area (Å²) in [6.07, 6.45) is 1.35. The minimum atomic E-state index is -0.388. The molecular weight excluding hydrogens is 286 g/mol. The molecule has 0 unspecified atom stereocenters. The van der Waals surface area contributed by atoms with Gasteiger partial charge in [-0.2, -0.15) is 5.10 Å². The van der Waals surface area contributed by atoms with E-state index in [-0.39, 0.29) is 11.6 Å². The van der Waals surface area contributed by atoms with Crippen molar-refractivity contribution in [2.45, 2.75) is 0 Å². The number of rotatable bonds is 2. The van der Waals surface area contributed by atoms with E-state index in [9.17, 15) is 4.39 Å². The zero-order chi connectivity index (χ0) is 9.84. The molecule has 0 fully saturated rings. The predicted molar refractivity (Wildman–Crippen MR) is 57.5 cm³/mol. The normalized spacial score (nSPS) is 10.7. The summed E-state index contributed by atoms with van der Waals surface area (Å²) in [7, 11) is 1.41. The fourth-order valence-electron chi connectivity index (χ4n) is 0.936. The van der Waals surface area contributed by atoms with Crippen molar-refractivity contribution in [1.82, 2.24) is 0 Å². The van der Waals surface area contributed by atoms with Crippen LogP contribution in [0, 0.1) is 9.39 Å². The number of nitrogens with two attached hydrogens (primary N) is 1. The first kappa shape index (κ1) is 10.2. The van der Waals surface area contributed by atoms with Gasteiger partial charge in [0.05, 0.1) is 16.9 Å². The molecular formula is C8H8FIN2O. The minimum absolute atomic E-state index is 0.168. The SMILES string of the molecule is COc1c(C=NN)ccc(I)c1F. The van der Waals surface area contributed by atoms with Crippen LogP contribution in [-0.2, 0) is 0 Å². The molecule has 70 valence electrons. The zero-order valence-electron chi connectivity index (χ0n) is 6.92. The van der Waals surface area contributed by atoms with E-state index in [0.29, 0.717) is 9.13 Å². The van der Waals surface area contributed by atoms with Crippen molar-refractivity contribution in [2.75, 3.05) is 7.11 Å². The van der Waals surface area contributed by atoms with Crippen LogP contribution in [0.4, 0.5) is 4.39 Å². The summed E-state index contributed by atoms with van der Waals surface area (Å²) in [6, 6.07) is 3.33. The molecule has 2 N–H and O–H groups in total. The van der Waals surface area contributed by atoms with Gasteiger partial charge in [0.25, 0.3) is 0 Å². The molecule has 0 aromatic heterocycles. The third-order valence-corrected chi connectivity index (χ3v) is 2.33. The van der Waals surface area contributed by atoms with Crippen LogP contribution in [0.25, 0.3) is 0 Å². The van der Waals surface area contributed by atoms with Gasteiger partial charge in [0.1, 0.15) is 0 Å². The number of halogens is 2. The lowest BCUT2D eigenvalue weighted by Gasteiger charge is -2.06. The first-order chi connectivity index (χ1) is 6.20. The second kappa shape index (κ2) is 4.40. The molecule has 13 heavy (non-hydrogen) atoms. The van der Waals surface area contributed by atoms with Gasteiger partial charge in [-0.1, -0.05) is 0 Å². The Kier molecular flexibility index (Phi) is 3.47. The van der Waals surface area contributed by atoms with E-state index in [0.717, 1.165) is 0 Å². The first-order valence-corrected chi connectivity index (χ1v) is 4.53. The largest absolute Gasteiger partial charge is 0.493 e. The molecule has 0 aliphatic heterocycles. The Morgan fingerprint density at radius 1 is 1.62 bits per heavy atom. The summed E-state index contributed by atoms with van der Waals surface area (Å²) >= 11 is 1.89. The van der Waals surface area contributed by atoms with Crippen molar-refractivity contribution in [3.8, 4) is 5.75 Å². The number of methoxy groups -OCH3 is 1. The molecule has 0 aliphatic carbocycles. The Morgan fingerprint density at radius 2 is 2.31 bits per heavy atom. The van der Waals surface area contributed by atoms with Gasteiger partial charge in [0.15, 0.2) is 11.6 Å². The van der Waals surface area contributed by atoms with E-state index in [4.69, 9.17) is 10.6 Å².